The number of aryl methyl sites for hydroxylation is 1. The molecule has 3 N–H and O–H groups in total. The first-order chi connectivity index (χ1) is 16.8. The van der Waals surface area contributed by atoms with Crippen molar-refractivity contribution in [2.75, 3.05) is 17.2 Å². The molecule has 178 valence electrons. The Hall–Kier alpha value is -4.20. The number of anilines is 2. The van der Waals surface area contributed by atoms with Crippen LogP contribution in [0.4, 0.5) is 11.5 Å². The fraction of sp³-hybridized carbons (Fsp3) is 0.167. The minimum Gasteiger partial charge on any atom is -0.644 e. The molecule has 2 aromatic carbocycles. The van der Waals surface area contributed by atoms with E-state index in [-0.39, 0.29) is 67.3 Å². The van der Waals surface area contributed by atoms with Gasteiger partial charge in [0.2, 0.25) is 5.91 Å². The van der Waals surface area contributed by atoms with Gasteiger partial charge in [0.05, 0.1) is 23.4 Å². The molecular formula is C24H20LiN5O6. The van der Waals surface area contributed by atoms with Gasteiger partial charge in [-0.25, -0.2) is 14.8 Å². The number of nitrogens with zero attached hydrogens (tertiary/aromatic N) is 3. The standard InChI is InChI=1S/C24H21N5O6.Li/c1-13-6-14(2-4-16(13)24(33)34)8-21(30)29-20-9-18(26-12-27-20)23(32)25-10-15-3-5-19-17(7-15)28-22(31)11-35-19;/h2-7,9,12H,8,10-11H2,1H3,(H4,25,26,27,28,29,30,31,32,33,34);/q;+1/p-1. The van der Waals surface area contributed by atoms with Crippen LogP contribution in [-0.2, 0) is 22.6 Å². The van der Waals surface area contributed by atoms with E-state index < -0.39 is 11.9 Å². The first-order valence-corrected chi connectivity index (χ1v) is 10.5. The summed E-state index contributed by atoms with van der Waals surface area (Å²) in [6, 6.07) is 11.1. The minimum absolute atomic E-state index is 0. The van der Waals surface area contributed by atoms with E-state index in [1.165, 1.54) is 12.1 Å². The second-order valence-corrected chi connectivity index (χ2v) is 7.76. The Balaban J connectivity index is 0.00000361. The zero-order valence-electron chi connectivity index (χ0n) is 19.6. The van der Waals surface area contributed by atoms with Crippen molar-refractivity contribution < 1.29 is 47.9 Å². The van der Waals surface area contributed by atoms with E-state index in [2.05, 4.69) is 25.9 Å². The third kappa shape index (κ3) is 6.47. The molecular weight excluding hydrogens is 461 g/mol. The summed E-state index contributed by atoms with van der Waals surface area (Å²) in [6.45, 7) is 1.67. The van der Waals surface area contributed by atoms with Crippen LogP contribution in [0.5, 0.6) is 5.75 Å². The van der Waals surface area contributed by atoms with Crippen LogP contribution in [0.25, 0.3) is 5.32 Å². The topological polar surface area (TPSA) is 162 Å². The summed E-state index contributed by atoms with van der Waals surface area (Å²) >= 11 is 0. The number of fused-ring (bicyclic) bond motifs is 1. The van der Waals surface area contributed by atoms with E-state index in [0.717, 1.165) is 6.33 Å². The molecule has 36 heavy (non-hydrogen) atoms. The molecule has 12 heteroatoms. The van der Waals surface area contributed by atoms with Gasteiger partial charge in [-0.2, -0.15) is 0 Å². The van der Waals surface area contributed by atoms with Crippen molar-refractivity contribution >= 4 is 35.2 Å². The van der Waals surface area contributed by atoms with Crippen LogP contribution >= 0.6 is 0 Å². The van der Waals surface area contributed by atoms with Gasteiger partial charge in [0.25, 0.3) is 5.91 Å². The number of carbonyl (C=O) groups is 4. The normalized spacial score (nSPS) is 11.8. The van der Waals surface area contributed by atoms with Crippen LogP contribution in [0.3, 0.4) is 0 Å². The average molecular weight is 481 g/mol. The molecule has 3 amide bonds. The number of amides is 3. The van der Waals surface area contributed by atoms with E-state index in [0.29, 0.717) is 28.1 Å². The van der Waals surface area contributed by atoms with E-state index in [9.17, 15) is 19.2 Å². The summed E-state index contributed by atoms with van der Waals surface area (Å²) in [7, 11) is 0. The molecule has 0 unspecified atom stereocenters. The summed E-state index contributed by atoms with van der Waals surface area (Å²) in [6.07, 6.45) is 1.15. The number of rotatable bonds is 7. The first-order valence-electron chi connectivity index (χ1n) is 10.5. The van der Waals surface area contributed by atoms with Crippen molar-refractivity contribution in [3.8, 4) is 5.75 Å². The number of carboxylic acid groups (broad SMARTS) is 1. The Labute approximate surface area is 217 Å². The molecule has 0 saturated heterocycles. The number of aromatic carboxylic acids is 1. The third-order valence-electron chi connectivity index (χ3n) is 5.12. The molecule has 0 aliphatic carbocycles. The second kappa shape index (κ2) is 11.5. The van der Waals surface area contributed by atoms with Crippen LogP contribution in [0, 0.1) is 6.92 Å². The van der Waals surface area contributed by atoms with Gasteiger partial charge in [0.1, 0.15) is 23.8 Å². The van der Waals surface area contributed by atoms with Gasteiger partial charge >= 0.3 is 24.8 Å². The number of hydrogen-bond acceptors (Lipinski definition) is 7. The number of nitrogens with one attached hydrogen (secondary N) is 2. The van der Waals surface area contributed by atoms with Crippen LogP contribution < -0.4 is 34.2 Å². The summed E-state index contributed by atoms with van der Waals surface area (Å²) in [5.41, 5.74) is 2.57. The van der Waals surface area contributed by atoms with Crippen LogP contribution in [0.2, 0.25) is 0 Å². The molecule has 0 bridgehead atoms. The van der Waals surface area contributed by atoms with Gasteiger partial charge in [0.15, 0.2) is 6.61 Å². The molecule has 1 aliphatic rings. The minimum atomic E-state index is -1.03. The molecule has 1 aromatic heterocycles. The van der Waals surface area contributed by atoms with Crippen molar-refractivity contribution in [1.29, 1.82) is 0 Å². The van der Waals surface area contributed by atoms with Gasteiger partial charge < -0.3 is 30.6 Å². The maximum atomic E-state index is 12.5. The number of benzene rings is 2. The molecule has 1 aliphatic heterocycles. The molecule has 0 saturated carbocycles. The Morgan fingerprint density at radius 2 is 1.89 bits per heavy atom. The quantitative estimate of drug-likeness (QED) is 0.388. The average Bonchev–Trinajstić information content (AvgIpc) is 2.82. The van der Waals surface area contributed by atoms with E-state index >= 15 is 0 Å². The van der Waals surface area contributed by atoms with Gasteiger partial charge in [-0.05, 0) is 36.2 Å². The van der Waals surface area contributed by atoms with Crippen molar-refractivity contribution in [3.63, 3.8) is 0 Å². The molecule has 0 spiro atoms. The van der Waals surface area contributed by atoms with Gasteiger partial charge in [-0.15, -0.1) is 6.54 Å². The van der Waals surface area contributed by atoms with Gasteiger partial charge in [-0.3, -0.25) is 9.59 Å². The number of hydrogen-bond donors (Lipinski definition) is 3. The van der Waals surface area contributed by atoms with Crippen molar-refractivity contribution in [2.24, 2.45) is 0 Å². The molecule has 2 heterocycles. The van der Waals surface area contributed by atoms with Crippen molar-refractivity contribution in [3.05, 3.63) is 82.1 Å². The summed E-state index contributed by atoms with van der Waals surface area (Å²) in [5.74, 6) is -1.60. The fourth-order valence-corrected chi connectivity index (χ4v) is 3.46. The van der Waals surface area contributed by atoms with Gasteiger partial charge in [0, 0.05) is 6.07 Å². The molecule has 4 rings (SSSR count). The zero-order valence-corrected chi connectivity index (χ0v) is 19.6. The Morgan fingerprint density at radius 1 is 1.11 bits per heavy atom. The van der Waals surface area contributed by atoms with E-state index in [1.807, 2.05) is 0 Å². The fourth-order valence-electron chi connectivity index (χ4n) is 3.46. The number of ether oxygens (including phenoxy) is 1. The Kier molecular flexibility index (Phi) is 8.42. The summed E-state index contributed by atoms with van der Waals surface area (Å²) < 4.78 is 5.30. The number of aromatic nitrogens is 2. The first kappa shape index (κ1) is 26.4. The predicted molar refractivity (Wildman–Crippen MR) is 124 cm³/mol. The summed E-state index contributed by atoms with van der Waals surface area (Å²) in [5, 5.41) is 18.4. The number of carbonyl (C=O) groups excluding carboxylic acids is 3. The SMILES string of the molecule is Cc1cc(CC(=O)Nc2cc(C(=O)[N-]Cc3ccc4c(c3)NC(=O)CO4)ncn2)ccc1C(=O)O.[Li+]. The smallest absolute Gasteiger partial charge is 0.644 e. The molecule has 0 radical (unpaired) electrons. The molecule has 0 atom stereocenters. The predicted octanol–water partition coefficient (Wildman–Crippen LogP) is -0.287. The summed E-state index contributed by atoms with van der Waals surface area (Å²) in [4.78, 5) is 55.4. The van der Waals surface area contributed by atoms with E-state index in [1.54, 1.807) is 37.3 Å². The van der Waals surface area contributed by atoms with Crippen LogP contribution in [0.1, 0.15) is 37.5 Å². The van der Waals surface area contributed by atoms with E-state index in [4.69, 9.17) is 9.84 Å². The second-order valence-electron chi connectivity index (χ2n) is 7.76. The maximum Gasteiger partial charge on any atom is 1.00 e. The Bertz CT molecular complexity index is 1350. The van der Waals surface area contributed by atoms with Crippen molar-refractivity contribution in [1.82, 2.24) is 9.97 Å². The maximum absolute atomic E-state index is 12.5. The number of carboxylic acids is 1. The largest absolute Gasteiger partial charge is 1.00 e. The third-order valence-corrected chi connectivity index (χ3v) is 5.12. The molecule has 0 fully saturated rings. The van der Waals surface area contributed by atoms with Crippen LogP contribution in [0.15, 0.2) is 48.8 Å². The van der Waals surface area contributed by atoms with Crippen LogP contribution in [-0.4, -0.2) is 45.4 Å². The molecule has 3 aromatic rings. The Morgan fingerprint density at radius 3 is 2.64 bits per heavy atom. The zero-order chi connectivity index (χ0) is 24.9. The monoisotopic (exact) mass is 481 g/mol. The van der Waals surface area contributed by atoms with Crippen molar-refractivity contribution in [2.45, 2.75) is 19.9 Å². The molecule has 11 nitrogen and oxygen atoms in total. The van der Waals surface area contributed by atoms with Gasteiger partial charge in [-0.1, -0.05) is 23.8 Å².